The molecule has 1 N–H and O–H groups in total. The monoisotopic (exact) mass is 368 g/mol. The molecule has 0 radical (unpaired) electrons. The van der Waals surface area contributed by atoms with Gasteiger partial charge in [0.2, 0.25) is 5.91 Å². The second kappa shape index (κ2) is 7.96. The Labute approximate surface area is 160 Å². The van der Waals surface area contributed by atoms with Crippen molar-refractivity contribution in [1.82, 2.24) is 9.47 Å². The van der Waals surface area contributed by atoms with E-state index < -0.39 is 0 Å². The average molecular weight is 368 g/mol. The van der Waals surface area contributed by atoms with Gasteiger partial charge in [0, 0.05) is 13.2 Å². The molecule has 0 bridgehead atoms. The molecule has 0 spiro atoms. The number of hydrogen-bond donors (Lipinski definition) is 1. The Kier molecular flexibility index (Phi) is 5.65. The van der Waals surface area contributed by atoms with Gasteiger partial charge in [0.15, 0.2) is 0 Å². The van der Waals surface area contributed by atoms with Crippen molar-refractivity contribution in [3.8, 4) is 0 Å². The number of rotatable bonds is 6. The first-order valence-corrected chi connectivity index (χ1v) is 9.59. The van der Waals surface area contributed by atoms with Crippen molar-refractivity contribution >= 4 is 28.9 Å². The van der Waals surface area contributed by atoms with E-state index in [-0.39, 0.29) is 11.8 Å². The zero-order chi connectivity index (χ0) is 19.6. The van der Waals surface area contributed by atoms with E-state index in [0.717, 1.165) is 37.2 Å². The topological polar surface area (TPSA) is 57.6 Å². The Bertz CT molecular complexity index is 850. The molecule has 2 heterocycles. The van der Waals surface area contributed by atoms with Crippen LogP contribution in [0.3, 0.4) is 0 Å². The highest BCUT2D eigenvalue weighted by Gasteiger charge is 2.33. The summed E-state index contributed by atoms with van der Waals surface area (Å²) in [6.45, 7) is 8.28. The number of carbonyl (C=O) groups is 2. The molecule has 1 aliphatic heterocycles. The van der Waals surface area contributed by atoms with Gasteiger partial charge in [-0.2, -0.15) is 0 Å². The van der Waals surface area contributed by atoms with Crippen LogP contribution in [0.15, 0.2) is 30.5 Å². The van der Waals surface area contributed by atoms with Crippen LogP contribution in [0, 0.1) is 6.92 Å². The Hall–Kier alpha value is -2.60. The number of fused-ring (bicyclic) bond motifs is 2. The minimum Gasteiger partial charge on any atom is -0.345 e. The zero-order valence-corrected chi connectivity index (χ0v) is 16.6. The van der Waals surface area contributed by atoms with Crippen LogP contribution in [0.2, 0.25) is 0 Å². The van der Waals surface area contributed by atoms with Crippen LogP contribution in [0.1, 0.15) is 42.7 Å². The first-order valence-electron chi connectivity index (χ1n) is 9.59. The van der Waals surface area contributed by atoms with E-state index in [1.165, 1.54) is 0 Å². The van der Waals surface area contributed by atoms with Crippen molar-refractivity contribution in [2.24, 2.45) is 7.05 Å². The summed E-state index contributed by atoms with van der Waals surface area (Å²) in [5, 5.41) is 2.95. The molecule has 1 aliphatic rings. The highest BCUT2D eigenvalue weighted by atomic mass is 16.2. The summed E-state index contributed by atoms with van der Waals surface area (Å²) in [6.07, 6.45) is 3.90. The van der Waals surface area contributed by atoms with E-state index in [2.05, 4.69) is 24.1 Å². The second-order valence-corrected chi connectivity index (χ2v) is 7.10. The predicted octanol–water partition coefficient (Wildman–Crippen LogP) is 3.69. The zero-order valence-electron chi connectivity index (χ0n) is 16.6. The molecule has 6 nitrogen and oxygen atoms in total. The predicted molar refractivity (Wildman–Crippen MR) is 109 cm³/mol. The number of para-hydroxylation sites is 2. The van der Waals surface area contributed by atoms with Crippen LogP contribution < -0.4 is 10.2 Å². The van der Waals surface area contributed by atoms with Gasteiger partial charge in [0.05, 0.1) is 23.6 Å². The van der Waals surface area contributed by atoms with Crippen molar-refractivity contribution in [3.63, 3.8) is 0 Å². The van der Waals surface area contributed by atoms with Crippen molar-refractivity contribution in [1.29, 1.82) is 0 Å². The van der Waals surface area contributed by atoms with Crippen LogP contribution in [-0.4, -0.2) is 40.9 Å². The molecule has 0 unspecified atom stereocenters. The number of benzene rings is 1. The number of nitrogens with zero attached hydrogens (tertiary/aromatic N) is 3. The minimum absolute atomic E-state index is 0.0172. The van der Waals surface area contributed by atoms with Crippen molar-refractivity contribution < 1.29 is 9.59 Å². The minimum atomic E-state index is -0.192. The lowest BCUT2D eigenvalue weighted by molar-refractivity contribution is -0.119. The maximum absolute atomic E-state index is 13.4. The molecule has 0 saturated carbocycles. The molecule has 2 amide bonds. The number of nitrogens with one attached hydrogen (secondary N) is 1. The largest absolute Gasteiger partial charge is 0.345 e. The molecule has 1 aromatic carbocycles. The van der Waals surface area contributed by atoms with E-state index in [9.17, 15) is 9.59 Å². The molecule has 144 valence electrons. The van der Waals surface area contributed by atoms with Crippen LogP contribution >= 0.6 is 0 Å². The van der Waals surface area contributed by atoms with Crippen LogP contribution in [0.5, 0.6) is 0 Å². The summed E-state index contributed by atoms with van der Waals surface area (Å²) < 4.78 is 1.79. The summed E-state index contributed by atoms with van der Waals surface area (Å²) >= 11 is 0. The Morgan fingerprint density at radius 1 is 1.15 bits per heavy atom. The molecule has 0 aliphatic carbocycles. The fraction of sp³-hybridized carbons (Fsp3) is 0.429. The summed E-state index contributed by atoms with van der Waals surface area (Å²) in [5.74, 6) is -0.210. The van der Waals surface area contributed by atoms with E-state index in [1.807, 2.05) is 44.4 Å². The summed E-state index contributed by atoms with van der Waals surface area (Å²) in [5.41, 5.74) is 3.47. The Morgan fingerprint density at radius 3 is 2.48 bits per heavy atom. The molecule has 6 heteroatoms. The summed E-state index contributed by atoms with van der Waals surface area (Å²) in [4.78, 5) is 30.2. The molecule has 0 saturated heterocycles. The van der Waals surface area contributed by atoms with Gasteiger partial charge in [-0.05, 0) is 50.6 Å². The highest BCUT2D eigenvalue weighted by molar-refractivity contribution is 6.18. The standard InChI is InChI=1S/C21H28N4O2/c1-5-11-24(12-6-2)14-18(26)25-17-10-8-7-9-16(17)22-21(27)20-19(25)15(3)13-23(20)4/h7-10,13H,5-6,11-12,14H2,1-4H3,(H,22,27). The Balaban J connectivity index is 2.09. The third-order valence-corrected chi connectivity index (χ3v) is 4.86. The van der Waals surface area contributed by atoms with Gasteiger partial charge in [-0.3, -0.25) is 19.4 Å². The van der Waals surface area contributed by atoms with E-state index in [4.69, 9.17) is 0 Å². The highest BCUT2D eigenvalue weighted by Crippen LogP contribution is 2.40. The number of carbonyl (C=O) groups excluding carboxylic acids is 2. The van der Waals surface area contributed by atoms with Crippen molar-refractivity contribution in [2.75, 3.05) is 29.9 Å². The lowest BCUT2D eigenvalue weighted by atomic mass is 10.2. The number of aromatic nitrogens is 1. The van der Waals surface area contributed by atoms with Crippen LogP contribution in [0.25, 0.3) is 0 Å². The van der Waals surface area contributed by atoms with Crippen molar-refractivity contribution in [2.45, 2.75) is 33.6 Å². The lowest BCUT2D eigenvalue weighted by Gasteiger charge is -2.27. The third kappa shape index (κ3) is 3.62. The number of hydrogen-bond acceptors (Lipinski definition) is 3. The summed E-state index contributed by atoms with van der Waals surface area (Å²) in [6, 6.07) is 7.49. The molecular formula is C21H28N4O2. The molecule has 1 aromatic heterocycles. The molecule has 27 heavy (non-hydrogen) atoms. The van der Waals surface area contributed by atoms with E-state index in [1.54, 1.807) is 9.47 Å². The van der Waals surface area contributed by atoms with Gasteiger partial charge in [0.25, 0.3) is 5.91 Å². The van der Waals surface area contributed by atoms with Gasteiger partial charge in [-0.1, -0.05) is 26.0 Å². The number of aryl methyl sites for hydroxylation is 2. The van der Waals surface area contributed by atoms with Crippen LogP contribution in [-0.2, 0) is 11.8 Å². The van der Waals surface area contributed by atoms with Crippen molar-refractivity contribution in [3.05, 3.63) is 41.7 Å². The molecule has 0 fully saturated rings. The lowest BCUT2D eigenvalue weighted by Crippen LogP contribution is -2.39. The van der Waals surface area contributed by atoms with Gasteiger partial charge in [-0.25, -0.2) is 0 Å². The smallest absolute Gasteiger partial charge is 0.274 e. The summed E-state index contributed by atoms with van der Waals surface area (Å²) in [7, 11) is 1.84. The van der Waals surface area contributed by atoms with E-state index in [0.29, 0.717) is 23.6 Å². The fourth-order valence-corrected chi connectivity index (χ4v) is 3.82. The molecule has 2 aromatic rings. The first kappa shape index (κ1) is 19.2. The molecule has 0 atom stereocenters. The molecule has 3 rings (SSSR count). The average Bonchev–Trinajstić information content (AvgIpc) is 2.83. The SMILES string of the molecule is CCCN(CCC)CC(=O)N1c2ccccc2NC(=O)c2c1c(C)cn2C. The Morgan fingerprint density at radius 2 is 1.81 bits per heavy atom. The maximum Gasteiger partial charge on any atom is 0.274 e. The molecular weight excluding hydrogens is 340 g/mol. The fourth-order valence-electron chi connectivity index (χ4n) is 3.82. The maximum atomic E-state index is 13.4. The number of amides is 2. The van der Waals surface area contributed by atoms with Gasteiger partial charge in [-0.15, -0.1) is 0 Å². The van der Waals surface area contributed by atoms with Gasteiger partial charge in [0.1, 0.15) is 5.69 Å². The van der Waals surface area contributed by atoms with Gasteiger partial charge < -0.3 is 9.88 Å². The first-order chi connectivity index (χ1) is 13.0. The third-order valence-electron chi connectivity index (χ3n) is 4.86. The van der Waals surface area contributed by atoms with Gasteiger partial charge >= 0.3 is 0 Å². The quantitative estimate of drug-likeness (QED) is 0.846. The van der Waals surface area contributed by atoms with Crippen LogP contribution in [0.4, 0.5) is 17.1 Å². The number of anilines is 3. The second-order valence-electron chi connectivity index (χ2n) is 7.10. The normalized spacial score (nSPS) is 13.2. The van der Waals surface area contributed by atoms with E-state index >= 15 is 0 Å².